The molecule has 0 fully saturated rings. The predicted octanol–water partition coefficient (Wildman–Crippen LogP) is 2.90. The summed E-state index contributed by atoms with van der Waals surface area (Å²) in [5.41, 5.74) is 2.63. The van der Waals surface area contributed by atoms with Crippen LogP contribution in [-0.2, 0) is 27.8 Å². The molecule has 0 aliphatic carbocycles. The van der Waals surface area contributed by atoms with Crippen molar-refractivity contribution in [3.05, 3.63) is 71.0 Å². The Hall–Kier alpha value is -2.78. The topological polar surface area (TPSA) is 101 Å². The highest BCUT2D eigenvalue weighted by Gasteiger charge is 2.16. The van der Waals surface area contributed by atoms with Crippen LogP contribution >= 0.6 is 11.3 Å². The fourth-order valence-electron chi connectivity index (χ4n) is 2.39. The number of carbonyl (C=O) groups excluding carboxylic acids is 1. The lowest BCUT2D eigenvalue weighted by Crippen LogP contribution is -2.23. The molecule has 28 heavy (non-hydrogen) atoms. The van der Waals surface area contributed by atoms with Gasteiger partial charge in [0.05, 0.1) is 10.6 Å². The third-order valence-electron chi connectivity index (χ3n) is 3.95. The van der Waals surface area contributed by atoms with E-state index in [0.29, 0.717) is 18.7 Å². The van der Waals surface area contributed by atoms with Crippen LogP contribution in [0.2, 0.25) is 0 Å². The highest BCUT2D eigenvalue weighted by Crippen LogP contribution is 2.21. The first-order chi connectivity index (χ1) is 13.4. The minimum atomic E-state index is -3.67. The molecule has 7 nitrogen and oxygen atoms in total. The maximum Gasteiger partial charge on any atom is 0.263 e. The molecule has 0 atom stereocenters. The molecule has 2 heterocycles. The number of nitrogens with zero attached hydrogens (tertiary/aromatic N) is 2. The number of carbonyl (C=O) groups is 1. The number of aryl methyl sites for hydroxylation is 2. The van der Waals surface area contributed by atoms with Gasteiger partial charge in [0.15, 0.2) is 5.13 Å². The molecule has 3 rings (SSSR count). The van der Waals surface area contributed by atoms with Crippen molar-refractivity contribution in [2.75, 3.05) is 4.72 Å². The predicted molar refractivity (Wildman–Crippen MR) is 109 cm³/mol. The molecule has 2 N–H and O–H groups in total. The molecule has 0 aliphatic rings. The van der Waals surface area contributed by atoms with Crippen molar-refractivity contribution in [1.82, 2.24) is 15.3 Å². The van der Waals surface area contributed by atoms with Crippen LogP contribution in [0.5, 0.6) is 0 Å². The van der Waals surface area contributed by atoms with Gasteiger partial charge in [-0.05, 0) is 43.2 Å². The second kappa shape index (κ2) is 8.94. The molecular formula is C19H20N4O3S2. The molecular weight excluding hydrogens is 396 g/mol. The summed E-state index contributed by atoms with van der Waals surface area (Å²) in [7, 11) is -3.67. The Bertz CT molecular complexity index is 1030. The van der Waals surface area contributed by atoms with Crippen LogP contribution in [0.15, 0.2) is 59.1 Å². The van der Waals surface area contributed by atoms with Gasteiger partial charge in [-0.15, -0.1) is 11.3 Å². The Labute approximate surface area is 167 Å². The van der Waals surface area contributed by atoms with Crippen LogP contribution in [0.25, 0.3) is 0 Å². The van der Waals surface area contributed by atoms with Gasteiger partial charge in [0, 0.05) is 30.7 Å². The summed E-state index contributed by atoms with van der Waals surface area (Å²) in [6, 6.07) is 10.3. The van der Waals surface area contributed by atoms with Crippen LogP contribution in [0, 0.1) is 6.92 Å². The monoisotopic (exact) mass is 416 g/mol. The molecule has 0 unspecified atom stereocenters. The molecule has 0 radical (unpaired) electrons. The minimum absolute atomic E-state index is 0.0911. The summed E-state index contributed by atoms with van der Waals surface area (Å²) in [5.74, 6) is -0.0911. The van der Waals surface area contributed by atoms with Crippen LogP contribution in [0.4, 0.5) is 5.13 Å². The van der Waals surface area contributed by atoms with Gasteiger partial charge in [0.2, 0.25) is 5.91 Å². The number of aromatic nitrogens is 2. The number of sulfonamides is 1. The Morgan fingerprint density at radius 2 is 1.82 bits per heavy atom. The Balaban J connectivity index is 1.51. The molecule has 0 saturated carbocycles. The average Bonchev–Trinajstić information content (AvgIpc) is 3.12. The van der Waals surface area contributed by atoms with Crippen molar-refractivity contribution < 1.29 is 13.2 Å². The van der Waals surface area contributed by atoms with Gasteiger partial charge >= 0.3 is 0 Å². The zero-order valence-corrected chi connectivity index (χ0v) is 16.9. The summed E-state index contributed by atoms with van der Waals surface area (Å²) in [6.45, 7) is 2.34. The Kier molecular flexibility index (Phi) is 6.37. The van der Waals surface area contributed by atoms with Crippen LogP contribution < -0.4 is 10.0 Å². The van der Waals surface area contributed by atoms with Gasteiger partial charge in [0.1, 0.15) is 0 Å². The summed E-state index contributed by atoms with van der Waals surface area (Å²) in [5, 5.41) is 4.88. The lowest BCUT2D eigenvalue weighted by atomic mass is 10.2. The summed E-state index contributed by atoms with van der Waals surface area (Å²) in [4.78, 5) is 20.4. The highest BCUT2D eigenvalue weighted by atomic mass is 32.2. The van der Waals surface area contributed by atoms with Crippen molar-refractivity contribution >= 4 is 32.4 Å². The maximum atomic E-state index is 12.4. The van der Waals surface area contributed by atoms with Crippen molar-refractivity contribution in [1.29, 1.82) is 0 Å². The van der Waals surface area contributed by atoms with Crippen molar-refractivity contribution in [3.8, 4) is 0 Å². The van der Waals surface area contributed by atoms with Crippen LogP contribution in [0.1, 0.15) is 23.2 Å². The summed E-state index contributed by atoms with van der Waals surface area (Å²) < 4.78 is 27.3. The van der Waals surface area contributed by atoms with Gasteiger partial charge in [-0.25, -0.2) is 13.4 Å². The standard InChI is InChI=1S/C19H20N4O3S2/c1-14-2-5-17(6-3-14)28(25,26)23-19-22-16(13-27-19)4-7-18(24)21-12-15-8-10-20-11-9-15/h2-3,5-6,8-11,13H,4,7,12H2,1H3,(H,21,24)(H,22,23). The second-order valence-corrected chi connectivity index (χ2v) is 8.74. The number of nitrogens with one attached hydrogen (secondary N) is 2. The molecule has 146 valence electrons. The van der Waals surface area contributed by atoms with E-state index in [0.717, 1.165) is 11.1 Å². The molecule has 1 aromatic carbocycles. The largest absolute Gasteiger partial charge is 0.352 e. The SMILES string of the molecule is Cc1ccc(S(=O)(=O)Nc2nc(CCC(=O)NCc3ccncc3)cs2)cc1. The van der Waals surface area contributed by atoms with Crippen molar-refractivity contribution in [2.24, 2.45) is 0 Å². The molecule has 2 aromatic heterocycles. The van der Waals surface area contributed by atoms with Crippen molar-refractivity contribution in [3.63, 3.8) is 0 Å². The zero-order valence-electron chi connectivity index (χ0n) is 15.3. The first-order valence-corrected chi connectivity index (χ1v) is 11.0. The number of anilines is 1. The van der Waals surface area contributed by atoms with Gasteiger partial charge < -0.3 is 5.32 Å². The number of pyridine rings is 1. The lowest BCUT2D eigenvalue weighted by Gasteiger charge is -2.05. The zero-order chi connectivity index (χ0) is 20.0. The van der Waals surface area contributed by atoms with Crippen LogP contribution in [0.3, 0.4) is 0 Å². The van der Waals surface area contributed by atoms with E-state index in [1.807, 2.05) is 19.1 Å². The number of thiazole rings is 1. The lowest BCUT2D eigenvalue weighted by molar-refractivity contribution is -0.121. The number of hydrogen-bond donors (Lipinski definition) is 2. The van der Waals surface area contributed by atoms with E-state index in [2.05, 4.69) is 20.0 Å². The Morgan fingerprint density at radius 3 is 2.54 bits per heavy atom. The summed E-state index contributed by atoms with van der Waals surface area (Å²) >= 11 is 1.20. The maximum absolute atomic E-state index is 12.4. The van der Waals surface area contributed by atoms with E-state index in [1.165, 1.54) is 11.3 Å². The van der Waals surface area contributed by atoms with Gasteiger partial charge in [-0.3, -0.25) is 14.5 Å². The number of rotatable bonds is 8. The van der Waals surface area contributed by atoms with Crippen LogP contribution in [-0.4, -0.2) is 24.3 Å². The van der Waals surface area contributed by atoms with Crippen molar-refractivity contribution in [2.45, 2.75) is 31.2 Å². The molecule has 0 aliphatic heterocycles. The van der Waals surface area contributed by atoms with Gasteiger partial charge in [0.25, 0.3) is 10.0 Å². The smallest absolute Gasteiger partial charge is 0.263 e. The van der Waals surface area contributed by atoms with E-state index in [-0.39, 0.29) is 22.4 Å². The molecule has 0 bridgehead atoms. The number of benzene rings is 1. The third kappa shape index (κ3) is 5.61. The average molecular weight is 417 g/mol. The third-order valence-corrected chi connectivity index (χ3v) is 6.24. The van der Waals surface area contributed by atoms with Gasteiger partial charge in [-0.2, -0.15) is 0 Å². The number of hydrogen-bond acceptors (Lipinski definition) is 6. The molecule has 3 aromatic rings. The first-order valence-electron chi connectivity index (χ1n) is 8.62. The minimum Gasteiger partial charge on any atom is -0.352 e. The van der Waals surface area contributed by atoms with E-state index in [9.17, 15) is 13.2 Å². The molecule has 0 saturated heterocycles. The van der Waals surface area contributed by atoms with E-state index >= 15 is 0 Å². The molecule has 0 spiro atoms. The second-order valence-electron chi connectivity index (χ2n) is 6.19. The van der Waals surface area contributed by atoms with E-state index < -0.39 is 10.0 Å². The van der Waals surface area contributed by atoms with E-state index in [1.54, 1.807) is 42.0 Å². The van der Waals surface area contributed by atoms with E-state index in [4.69, 9.17) is 0 Å². The quantitative estimate of drug-likeness (QED) is 0.588. The summed E-state index contributed by atoms with van der Waals surface area (Å²) in [6.07, 6.45) is 4.07. The van der Waals surface area contributed by atoms with Gasteiger partial charge in [-0.1, -0.05) is 17.7 Å². The molecule has 1 amide bonds. The fraction of sp³-hybridized carbons (Fsp3) is 0.211. The Morgan fingerprint density at radius 1 is 1.11 bits per heavy atom. The normalized spacial score (nSPS) is 11.2. The highest BCUT2D eigenvalue weighted by molar-refractivity contribution is 7.93. The number of amides is 1. The first kappa shape index (κ1) is 20.0. The fourth-order valence-corrected chi connectivity index (χ4v) is 4.39. The molecule has 9 heteroatoms.